The average Bonchev–Trinajstić information content (AvgIpc) is 2.68. The topological polar surface area (TPSA) is 43.4 Å². The molecule has 0 aliphatic rings. The van der Waals surface area contributed by atoms with Gasteiger partial charge in [-0.1, -0.05) is 51.9 Å². The summed E-state index contributed by atoms with van der Waals surface area (Å²) in [5.74, 6) is 0.0885. The van der Waals surface area contributed by atoms with Crippen LogP contribution >= 0.6 is 0 Å². The zero-order valence-electron chi connectivity index (χ0n) is 10.2. The van der Waals surface area contributed by atoms with E-state index in [0.29, 0.717) is 5.76 Å². The second-order valence-corrected chi connectivity index (χ2v) is 4.28. The summed E-state index contributed by atoms with van der Waals surface area (Å²) in [6.45, 7) is 2.23. The fourth-order valence-electron chi connectivity index (χ4n) is 1.81. The number of aryl methyl sites for hydroxylation is 1. The molecule has 92 valence electrons. The van der Waals surface area contributed by atoms with Crippen LogP contribution in [-0.4, -0.2) is 0 Å². The van der Waals surface area contributed by atoms with Gasteiger partial charge < -0.3 is 8.83 Å². The maximum atomic E-state index is 10.6. The van der Waals surface area contributed by atoms with E-state index in [1.807, 2.05) is 0 Å². The molecule has 1 rings (SSSR count). The summed E-state index contributed by atoms with van der Waals surface area (Å²) >= 11 is 0. The molecule has 1 aromatic rings. The maximum Gasteiger partial charge on any atom is 0.518 e. The molecule has 0 fully saturated rings. The van der Waals surface area contributed by atoms with E-state index in [-0.39, 0.29) is 0 Å². The Bertz CT molecular complexity index is 311. The first-order valence-electron chi connectivity index (χ1n) is 6.40. The van der Waals surface area contributed by atoms with Crippen molar-refractivity contribution in [3.8, 4) is 0 Å². The Morgan fingerprint density at radius 1 is 1.00 bits per heavy atom. The molecule has 3 nitrogen and oxygen atoms in total. The summed E-state index contributed by atoms with van der Waals surface area (Å²) in [6, 6.07) is 0. The predicted molar refractivity (Wildman–Crippen MR) is 63.6 cm³/mol. The Kier molecular flexibility index (Phi) is 6.70. The van der Waals surface area contributed by atoms with Gasteiger partial charge in [0, 0.05) is 6.42 Å². The van der Waals surface area contributed by atoms with Gasteiger partial charge in [-0.2, -0.15) is 0 Å². The van der Waals surface area contributed by atoms with Crippen molar-refractivity contribution in [3.63, 3.8) is 0 Å². The number of unbranched alkanes of at least 4 members (excludes halogenated alkanes) is 7. The molecule has 3 heteroatoms. The summed E-state index contributed by atoms with van der Waals surface area (Å²) in [5.41, 5.74) is 0. The zero-order valence-corrected chi connectivity index (χ0v) is 10.2. The van der Waals surface area contributed by atoms with Crippen LogP contribution in [0.2, 0.25) is 0 Å². The van der Waals surface area contributed by atoms with Crippen molar-refractivity contribution in [2.45, 2.75) is 64.7 Å². The number of hydrogen-bond acceptors (Lipinski definition) is 3. The molecule has 1 heterocycles. The molecule has 0 aliphatic carbocycles. The quantitative estimate of drug-likeness (QED) is 0.599. The first kappa shape index (κ1) is 13.1. The minimum atomic E-state index is -0.588. The Balaban J connectivity index is 1.90. The van der Waals surface area contributed by atoms with Crippen LogP contribution in [0.3, 0.4) is 0 Å². The molecule has 0 amide bonds. The molecule has 0 saturated heterocycles. The third-order valence-electron chi connectivity index (χ3n) is 2.78. The lowest BCUT2D eigenvalue weighted by Gasteiger charge is -1.99. The van der Waals surface area contributed by atoms with E-state index in [9.17, 15) is 4.79 Å². The van der Waals surface area contributed by atoms with Crippen molar-refractivity contribution in [1.29, 1.82) is 0 Å². The number of hydrogen-bond donors (Lipinski definition) is 0. The summed E-state index contributed by atoms with van der Waals surface area (Å²) in [6.07, 6.45) is 12.5. The molecule has 0 saturated carbocycles. The SMILES string of the molecule is CCCCCCCCCCc1coc(=O)o1. The van der Waals surface area contributed by atoms with Gasteiger partial charge in [-0.3, -0.25) is 0 Å². The Hall–Kier alpha value is -0.990. The summed E-state index contributed by atoms with van der Waals surface area (Å²) in [5, 5.41) is 0. The molecule has 0 N–H and O–H groups in total. The highest BCUT2D eigenvalue weighted by atomic mass is 16.6. The molecule has 0 spiro atoms. The van der Waals surface area contributed by atoms with Gasteiger partial charge in [-0.05, 0) is 6.42 Å². The van der Waals surface area contributed by atoms with Crippen LogP contribution in [0.1, 0.15) is 64.1 Å². The van der Waals surface area contributed by atoms with Crippen molar-refractivity contribution in [1.82, 2.24) is 0 Å². The molecular formula is C13H22O3. The molecule has 0 aromatic carbocycles. The van der Waals surface area contributed by atoms with Crippen LogP contribution in [0, 0.1) is 0 Å². The Morgan fingerprint density at radius 3 is 2.19 bits per heavy atom. The van der Waals surface area contributed by atoms with Crippen LogP contribution in [0.4, 0.5) is 0 Å². The number of rotatable bonds is 9. The van der Waals surface area contributed by atoms with Gasteiger partial charge in [0.15, 0.2) is 0 Å². The van der Waals surface area contributed by atoms with E-state index >= 15 is 0 Å². The Morgan fingerprint density at radius 2 is 1.62 bits per heavy atom. The minimum absolute atomic E-state index is 0.588. The Labute approximate surface area is 96.8 Å². The van der Waals surface area contributed by atoms with Crippen LogP contribution < -0.4 is 5.82 Å². The first-order valence-corrected chi connectivity index (χ1v) is 6.40. The van der Waals surface area contributed by atoms with Gasteiger partial charge in [0.2, 0.25) is 0 Å². The fourth-order valence-corrected chi connectivity index (χ4v) is 1.81. The molecule has 1 aromatic heterocycles. The second-order valence-electron chi connectivity index (χ2n) is 4.28. The van der Waals surface area contributed by atoms with Gasteiger partial charge >= 0.3 is 5.82 Å². The third-order valence-corrected chi connectivity index (χ3v) is 2.78. The lowest BCUT2D eigenvalue weighted by atomic mass is 10.1. The van der Waals surface area contributed by atoms with E-state index < -0.39 is 5.82 Å². The summed E-state index contributed by atoms with van der Waals surface area (Å²) < 4.78 is 9.39. The van der Waals surface area contributed by atoms with Crippen LogP contribution in [0.25, 0.3) is 0 Å². The average molecular weight is 226 g/mol. The van der Waals surface area contributed by atoms with Crippen LogP contribution in [0.5, 0.6) is 0 Å². The van der Waals surface area contributed by atoms with Gasteiger partial charge in [-0.15, -0.1) is 0 Å². The first-order chi connectivity index (χ1) is 7.83. The van der Waals surface area contributed by atoms with Crippen molar-refractivity contribution in [3.05, 3.63) is 22.6 Å². The van der Waals surface area contributed by atoms with E-state index in [1.165, 1.54) is 51.2 Å². The summed E-state index contributed by atoms with van der Waals surface area (Å²) in [4.78, 5) is 10.6. The van der Waals surface area contributed by atoms with Crippen LogP contribution in [0.15, 0.2) is 19.9 Å². The van der Waals surface area contributed by atoms with Crippen molar-refractivity contribution < 1.29 is 8.83 Å². The largest absolute Gasteiger partial charge is 0.518 e. The summed E-state index contributed by atoms with van der Waals surface area (Å²) in [7, 11) is 0. The minimum Gasteiger partial charge on any atom is -0.399 e. The van der Waals surface area contributed by atoms with Crippen molar-refractivity contribution >= 4 is 0 Å². The molecular weight excluding hydrogens is 204 g/mol. The highest BCUT2D eigenvalue weighted by molar-refractivity contribution is 4.84. The third kappa shape index (κ3) is 5.79. The van der Waals surface area contributed by atoms with Gasteiger partial charge in [0.25, 0.3) is 0 Å². The van der Waals surface area contributed by atoms with E-state index in [0.717, 1.165) is 12.8 Å². The highest BCUT2D eigenvalue weighted by Crippen LogP contribution is 2.10. The molecule has 0 atom stereocenters. The van der Waals surface area contributed by atoms with E-state index in [2.05, 4.69) is 11.3 Å². The zero-order chi connectivity index (χ0) is 11.6. The van der Waals surface area contributed by atoms with Gasteiger partial charge in [-0.25, -0.2) is 4.79 Å². The predicted octanol–water partition coefficient (Wildman–Crippen LogP) is 3.92. The smallest absolute Gasteiger partial charge is 0.399 e. The van der Waals surface area contributed by atoms with Crippen molar-refractivity contribution in [2.24, 2.45) is 0 Å². The lowest BCUT2D eigenvalue weighted by Crippen LogP contribution is -1.88. The molecule has 16 heavy (non-hydrogen) atoms. The van der Waals surface area contributed by atoms with E-state index in [1.54, 1.807) is 0 Å². The van der Waals surface area contributed by atoms with Gasteiger partial charge in [0.1, 0.15) is 12.0 Å². The molecule has 0 aliphatic heterocycles. The normalized spacial score (nSPS) is 10.8. The standard InChI is InChI=1S/C13H22O3/c1-2-3-4-5-6-7-8-9-10-12-11-15-13(14)16-12/h11H,2-10H2,1H3. The van der Waals surface area contributed by atoms with Gasteiger partial charge in [0.05, 0.1) is 0 Å². The van der Waals surface area contributed by atoms with E-state index in [4.69, 9.17) is 4.42 Å². The second kappa shape index (κ2) is 8.20. The van der Waals surface area contributed by atoms with Crippen LogP contribution in [-0.2, 0) is 6.42 Å². The highest BCUT2D eigenvalue weighted by Gasteiger charge is 2.00. The lowest BCUT2D eigenvalue weighted by molar-refractivity contribution is 0.371. The molecule has 0 radical (unpaired) electrons. The fraction of sp³-hybridized carbons (Fsp3) is 0.769. The molecule has 0 unspecified atom stereocenters. The van der Waals surface area contributed by atoms with Crippen molar-refractivity contribution in [2.75, 3.05) is 0 Å². The monoisotopic (exact) mass is 226 g/mol. The molecule has 0 bridgehead atoms. The maximum absolute atomic E-state index is 10.6.